The maximum absolute atomic E-state index is 2.42. The Balaban J connectivity index is 2.13. The van der Waals surface area contributed by atoms with Gasteiger partial charge in [0.25, 0.3) is 0 Å². The van der Waals surface area contributed by atoms with Gasteiger partial charge in [-0.2, -0.15) is 0 Å². The van der Waals surface area contributed by atoms with Gasteiger partial charge in [0.05, 0.1) is 0 Å². The first-order valence-corrected chi connectivity index (χ1v) is 5.23. The zero-order valence-corrected chi connectivity index (χ0v) is 7.90. The van der Waals surface area contributed by atoms with Gasteiger partial charge in [-0.15, -0.1) is 0 Å². The largest absolute Gasteiger partial charge is 0.0622 e. The number of hydrogen-bond acceptors (Lipinski definition) is 0. The first kappa shape index (κ1) is 7.64. The molecule has 2 saturated carbocycles. The van der Waals surface area contributed by atoms with Gasteiger partial charge in [0.2, 0.25) is 0 Å². The lowest BCUT2D eigenvalue weighted by Gasteiger charge is -2.37. The summed E-state index contributed by atoms with van der Waals surface area (Å²) in [5, 5.41) is 0. The van der Waals surface area contributed by atoms with E-state index in [1.54, 1.807) is 6.42 Å². The standard InChI is InChI=1S/C11H20/c1-9(2)11-6-3-4-10(8-11)5-7-11/h9-10H,3-8H2,1-2H3. The molecule has 2 aliphatic rings. The van der Waals surface area contributed by atoms with Crippen LogP contribution in [0.15, 0.2) is 0 Å². The number of rotatable bonds is 1. The molecule has 2 unspecified atom stereocenters. The van der Waals surface area contributed by atoms with E-state index in [1.165, 1.54) is 32.1 Å². The molecule has 0 nitrogen and oxygen atoms in total. The molecule has 2 fully saturated rings. The highest BCUT2D eigenvalue weighted by molar-refractivity contribution is 4.94. The van der Waals surface area contributed by atoms with Gasteiger partial charge < -0.3 is 0 Å². The van der Waals surface area contributed by atoms with Crippen molar-refractivity contribution >= 4 is 0 Å². The Morgan fingerprint density at radius 2 is 2.00 bits per heavy atom. The molecule has 0 aromatic rings. The molecule has 0 spiro atoms. The zero-order chi connectivity index (χ0) is 7.90. The lowest BCUT2D eigenvalue weighted by molar-refractivity contribution is 0.139. The summed E-state index contributed by atoms with van der Waals surface area (Å²) in [5.74, 6) is 2.05. The maximum Gasteiger partial charge on any atom is -0.0272 e. The van der Waals surface area contributed by atoms with Crippen LogP contribution in [0.4, 0.5) is 0 Å². The van der Waals surface area contributed by atoms with Crippen LogP contribution in [-0.2, 0) is 0 Å². The average Bonchev–Trinajstić information content (AvgIpc) is 2.29. The van der Waals surface area contributed by atoms with E-state index in [0.717, 1.165) is 17.3 Å². The van der Waals surface area contributed by atoms with E-state index < -0.39 is 0 Å². The lowest BCUT2D eigenvalue weighted by Crippen LogP contribution is -2.26. The molecule has 0 heterocycles. The topological polar surface area (TPSA) is 0 Å². The molecule has 2 bridgehead atoms. The van der Waals surface area contributed by atoms with Gasteiger partial charge in [-0.25, -0.2) is 0 Å². The second-order valence-corrected chi connectivity index (χ2v) is 5.02. The van der Waals surface area contributed by atoms with Gasteiger partial charge in [0.1, 0.15) is 0 Å². The van der Waals surface area contributed by atoms with Crippen molar-refractivity contribution in [1.82, 2.24) is 0 Å². The highest BCUT2D eigenvalue weighted by atomic mass is 14.5. The molecular weight excluding hydrogens is 132 g/mol. The Hall–Kier alpha value is 0. The molecule has 0 aromatic heterocycles. The molecule has 2 atom stereocenters. The van der Waals surface area contributed by atoms with Crippen molar-refractivity contribution in [1.29, 1.82) is 0 Å². The highest BCUT2D eigenvalue weighted by Gasteiger charge is 2.43. The molecule has 0 saturated heterocycles. The quantitative estimate of drug-likeness (QED) is 0.538. The third kappa shape index (κ3) is 1.11. The van der Waals surface area contributed by atoms with Gasteiger partial charge in [-0.1, -0.05) is 26.7 Å². The maximum atomic E-state index is 2.42. The Morgan fingerprint density at radius 1 is 1.18 bits per heavy atom. The fourth-order valence-corrected chi connectivity index (χ4v) is 3.30. The average molecular weight is 152 g/mol. The van der Waals surface area contributed by atoms with Crippen molar-refractivity contribution in [3.05, 3.63) is 0 Å². The first-order chi connectivity index (χ1) is 5.23. The minimum atomic E-state index is 0.795. The molecule has 2 rings (SSSR count). The summed E-state index contributed by atoms with van der Waals surface area (Å²) < 4.78 is 0. The minimum absolute atomic E-state index is 0.795. The molecule has 64 valence electrons. The van der Waals surface area contributed by atoms with Gasteiger partial charge in [0, 0.05) is 0 Å². The zero-order valence-electron chi connectivity index (χ0n) is 7.90. The SMILES string of the molecule is CC(C)C12CCCC(CC1)C2. The molecule has 0 amide bonds. The van der Waals surface area contributed by atoms with Gasteiger partial charge in [0.15, 0.2) is 0 Å². The summed E-state index contributed by atoms with van der Waals surface area (Å²) >= 11 is 0. The van der Waals surface area contributed by atoms with Crippen molar-refractivity contribution < 1.29 is 0 Å². The van der Waals surface area contributed by atoms with Crippen LogP contribution in [0.3, 0.4) is 0 Å². The van der Waals surface area contributed by atoms with E-state index in [1.807, 2.05) is 0 Å². The molecule has 0 heteroatoms. The Labute approximate surface area is 70.4 Å². The summed E-state index contributed by atoms with van der Waals surface area (Å²) in [4.78, 5) is 0. The van der Waals surface area contributed by atoms with Crippen LogP contribution in [0.1, 0.15) is 52.4 Å². The van der Waals surface area contributed by atoms with Crippen LogP contribution in [0.2, 0.25) is 0 Å². The second-order valence-electron chi connectivity index (χ2n) is 5.02. The van der Waals surface area contributed by atoms with Gasteiger partial charge in [-0.05, 0) is 42.9 Å². The van der Waals surface area contributed by atoms with Crippen molar-refractivity contribution in [3.63, 3.8) is 0 Å². The molecule has 0 aromatic carbocycles. The fourth-order valence-electron chi connectivity index (χ4n) is 3.30. The van der Waals surface area contributed by atoms with Crippen LogP contribution in [0.5, 0.6) is 0 Å². The molecule has 0 N–H and O–H groups in total. The summed E-state index contributed by atoms with van der Waals surface area (Å²) in [6.07, 6.45) is 9.22. The Kier molecular flexibility index (Phi) is 1.74. The summed E-state index contributed by atoms with van der Waals surface area (Å²) in [6.45, 7) is 4.85. The fraction of sp³-hybridized carbons (Fsp3) is 1.00. The predicted octanol–water partition coefficient (Wildman–Crippen LogP) is 3.61. The highest BCUT2D eigenvalue weighted by Crippen LogP contribution is 2.55. The monoisotopic (exact) mass is 152 g/mol. The van der Waals surface area contributed by atoms with Crippen molar-refractivity contribution in [2.24, 2.45) is 17.3 Å². The predicted molar refractivity (Wildman–Crippen MR) is 48.5 cm³/mol. The first-order valence-electron chi connectivity index (χ1n) is 5.23. The molecule has 2 aliphatic carbocycles. The van der Waals surface area contributed by atoms with Crippen molar-refractivity contribution in [2.45, 2.75) is 52.4 Å². The van der Waals surface area contributed by atoms with Crippen LogP contribution >= 0.6 is 0 Å². The summed E-state index contributed by atoms with van der Waals surface area (Å²) in [6, 6.07) is 0. The van der Waals surface area contributed by atoms with Crippen LogP contribution in [-0.4, -0.2) is 0 Å². The Bertz CT molecular complexity index is 144. The van der Waals surface area contributed by atoms with E-state index in [4.69, 9.17) is 0 Å². The van der Waals surface area contributed by atoms with E-state index in [9.17, 15) is 0 Å². The second kappa shape index (κ2) is 2.50. The smallest absolute Gasteiger partial charge is 0.0272 e. The third-order valence-electron chi connectivity index (χ3n) is 4.26. The van der Waals surface area contributed by atoms with E-state index in [0.29, 0.717) is 0 Å². The molecule has 11 heavy (non-hydrogen) atoms. The van der Waals surface area contributed by atoms with Crippen LogP contribution < -0.4 is 0 Å². The van der Waals surface area contributed by atoms with E-state index in [-0.39, 0.29) is 0 Å². The van der Waals surface area contributed by atoms with Crippen molar-refractivity contribution in [3.8, 4) is 0 Å². The number of fused-ring (bicyclic) bond motifs is 2. The lowest BCUT2D eigenvalue weighted by atomic mass is 9.69. The van der Waals surface area contributed by atoms with E-state index >= 15 is 0 Å². The summed E-state index contributed by atoms with van der Waals surface area (Å²) in [5.41, 5.74) is 0.795. The van der Waals surface area contributed by atoms with Gasteiger partial charge in [-0.3, -0.25) is 0 Å². The van der Waals surface area contributed by atoms with Crippen LogP contribution in [0.25, 0.3) is 0 Å². The third-order valence-corrected chi connectivity index (χ3v) is 4.26. The molecular formula is C11H20. The van der Waals surface area contributed by atoms with Gasteiger partial charge >= 0.3 is 0 Å². The summed E-state index contributed by atoms with van der Waals surface area (Å²) in [7, 11) is 0. The minimum Gasteiger partial charge on any atom is -0.0622 e. The van der Waals surface area contributed by atoms with Crippen molar-refractivity contribution in [2.75, 3.05) is 0 Å². The normalized spacial score (nSPS) is 43.4. The Morgan fingerprint density at radius 3 is 2.64 bits per heavy atom. The molecule has 0 aliphatic heterocycles. The molecule has 0 radical (unpaired) electrons. The van der Waals surface area contributed by atoms with Crippen LogP contribution in [0, 0.1) is 17.3 Å². The van der Waals surface area contributed by atoms with E-state index in [2.05, 4.69) is 13.8 Å². The number of hydrogen-bond donors (Lipinski definition) is 0.